The first-order valence-electron chi connectivity index (χ1n) is 6.16. The smallest absolute Gasteiger partial charge is 0.274 e. The largest absolute Gasteiger partial charge is 0.345 e. The first kappa shape index (κ1) is 15.4. The Hall–Kier alpha value is -3.04. The fourth-order valence-corrected chi connectivity index (χ4v) is 2.30. The zero-order valence-electron chi connectivity index (χ0n) is 12.2. The van der Waals surface area contributed by atoms with Crippen molar-refractivity contribution in [2.24, 2.45) is 0 Å². The molecule has 2 aromatic rings. The van der Waals surface area contributed by atoms with E-state index in [9.17, 15) is 28.8 Å². The zero-order valence-corrected chi connectivity index (χ0v) is 12.2. The van der Waals surface area contributed by atoms with E-state index in [0.29, 0.717) is 18.3 Å². The minimum Gasteiger partial charge on any atom is -0.274 e. The molecule has 0 aliphatic heterocycles. The van der Waals surface area contributed by atoms with Crippen molar-refractivity contribution < 1.29 is 19.2 Å². The van der Waals surface area contributed by atoms with Crippen molar-refractivity contribution in [3.63, 3.8) is 0 Å². The summed E-state index contributed by atoms with van der Waals surface area (Å²) in [7, 11) is 0. The van der Waals surface area contributed by atoms with Crippen LogP contribution in [0.3, 0.4) is 0 Å². The third kappa shape index (κ3) is 1.80. The second-order valence-corrected chi connectivity index (χ2v) is 4.63. The molecule has 10 nitrogen and oxygen atoms in total. The molecule has 0 amide bonds. The van der Waals surface area contributed by atoms with Crippen LogP contribution in [0.2, 0.25) is 0 Å². The Morgan fingerprint density at radius 2 is 0.727 bits per heavy atom. The predicted molar refractivity (Wildman–Crippen MR) is 73.7 cm³/mol. The Labute approximate surface area is 122 Å². The summed E-state index contributed by atoms with van der Waals surface area (Å²) < 4.78 is 2.05. The Kier molecular flexibility index (Phi) is 3.32. The van der Waals surface area contributed by atoms with E-state index in [-0.39, 0.29) is 0 Å². The van der Waals surface area contributed by atoms with Crippen LogP contribution in [0.1, 0.15) is 46.9 Å². The van der Waals surface area contributed by atoms with Gasteiger partial charge in [-0.1, -0.05) is 0 Å². The molecule has 0 atom stereocenters. The van der Waals surface area contributed by atoms with Gasteiger partial charge in [-0.3, -0.25) is 19.2 Å². The third-order valence-electron chi connectivity index (χ3n) is 3.07. The maximum atomic E-state index is 12.2. The molecule has 2 rings (SSSR count). The highest BCUT2D eigenvalue weighted by Crippen LogP contribution is 2.13. The van der Waals surface area contributed by atoms with Gasteiger partial charge in [0, 0.05) is 27.7 Å². The fraction of sp³-hybridized carbons (Fsp3) is 0.333. The van der Waals surface area contributed by atoms with Gasteiger partial charge in [-0.2, -0.15) is 0 Å². The molecule has 0 N–H and O–H groups in total. The lowest BCUT2D eigenvalue weighted by molar-refractivity contribution is 0.0923. The second-order valence-electron chi connectivity index (χ2n) is 4.63. The molecule has 0 aliphatic carbocycles. The van der Waals surface area contributed by atoms with E-state index in [4.69, 9.17) is 0 Å². The van der Waals surface area contributed by atoms with Crippen molar-refractivity contribution in [3.05, 3.63) is 21.0 Å². The highest BCUT2D eigenvalue weighted by atomic mass is 16.2. The van der Waals surface area contributed by atoms with Gasteiger partial charge in [-0.05, 0) is 0 Å². The molecule has 0 aromatic carbocycles. The molecule has 2 aromatic heterocycles. The van der Waals surface area contributed by atoms with Gasteiger partial charge in [0.2, 0.25) is 23.6 Å². The lowest BCUT2D eigenvalue weighted by atomic mass is 10.5. The summed E-state index contributed by atoms with van der Waals surface area (Å²) in [4.78, 5) is 71.2. The topological polar surface area (TPSA) is 122 Å². The van der Waals surface area contributed by atoms with Crippen LogP contribution < -0.4 is 11.4 Å². The maximum Gasteiger partial charge on any atom is 0.345 e. The number of carbonyl (C=O) groups is 4. The summed E-state index contributed by atoms with van der Waals surface area (Å²) in [5, 5.41) is 0. The van der Waals surface area contributed by atoms with Crippen molar-refractivity contribution in [1.82, 2.24) is 18.3 Å². The molecule has 22 heavy (non-hydrogen) atoms. The highest BCUT2D eigenvalue weighted by molar-refractivity contribution is 6.00. The van der Waals surface area contributed by atoms with E-state index in [0.717, 1.165) is 27.7 Å². The Morgan fingerprint density at radius 1 is 0.545 bits per heavy atom. The molecular weight excluding hydrogens is 296 g/mol. The molecule has 0 saturated carbocycles. The number of fused-ring (bicyclic) bond motifs is 1. The lowest BCUT2D eigenvalue weighted by Gasteiger charge is -2.00. The third-order valence-corrected chi connectivity index (χ3v) is 3.07. The predicted octanol–water partition coefficient (Wildman–Crippen LogP) is -0.593. The van der Waals surface area contributed by atoms with Gasteiger partial charge in [0.15, 0.2) is 11.3 Å². The molecule has 0 bridgehead atoms. The molecular formula is C12H12N4O6. The van der Waals surface area contributed by atoms with Crippen LogP contribution in [0, 0.1) is 0 Å². The normalized spacial score (nSPS) is 10.9. The second kappa shape index (κ2) is 4.76. The van der Waals surface area contributed by atoms with E-state index in [1.54, 1.807) is 0 Å². The standard InChI is InChI=1S/C12H12N4O6/c1-5(17)13-9-10(15(7(3)19)11(13)21)16(8(4)20)12(22)14(9)6(2)18/h1-4H3. The number of hydrogen-bond acceptors (Lipinski definition) is 6. The maximum absolute atomic E-state index is 12.2. The molecule has 0 fully saturated rings. The van der Waals surface area contributed by atoms with Crippen LogP contribution in [0.15, 0.2) is 9.59 Å². The molecule has 0 aliphatic rings. The Balaban J connectivity index is 3.33. The van der Waals surface area contributed by atoms with Crippen molar-refractivity contribution in [2.45, 2.75) is 27.7 Å². The monoisotopic (exact) mass is 308 g/mol. The van der Waals surface area contributed by atoms with Crippen LogP contribution in [-0.4, -0.2) is 41.9 Å². The van der Waals surface area contributed by atoms with Gasteiger partial charge < -0.3 is 0 Å². The summed E-state index contributed by atoms with van der Waals surface area (Å²) in [6.07, 6.45) is 0. The summed E-state index contributed by atoms with van der Waals surface area (Å²) in [5.41, 5.74) is -2.90. The van der Waals surface area contributed by atoms with E-state index < -0.39 is 46.3 Å². The molecule has 0 radical (unpaired) electrons. The van der Waals surface area contributed by atoms with Crippen molar-refractivity contribution in [1.29, 1.82) is 0 Å². The number of nitrogens with zero attached hydrogens (tertiary/aromatic N) is 4. The van der Waals surface area contributed by atoms with E-state index in [1.807, 2.05) is 0 Å². The number of rotatable bonds is 0. The van der Waals surface area contributed by atoms with Gasteiger partial charge in [-0.25, -0.2) is 27.9 Å². The minimum absolute atomic E-state index is 0.402. The number of aromatic nitrogens is 4. The zero-order chi connectivity index (χ0) is 16.9. The SMILES string of the molecule is CC(=O)n1c(=O)n(C(C)=O)c2c1n(C(C)=O)c(=O)n2C(C)=O. The first-order chi connectivity index (χ1) is 10.1. The van der Waals surface area contributed by atoms with Crippen LogP contribution >= 0.6 is 0 Å². The van der Waals surface area contributed by atoms with Crippen LogP contribution in [0.4, 0.5) is 0 Å². The number of carbonyl (C=O) groups excluding carboxylic acids is 4. The van der Waals surface area contributed by atoms with E-state index in [2.05, 4.69) is 0 Å². The van der Waals surface area contributed by atoms with Gasteiger partial charge >= 0.3 is 11.4 Å². The lowest BCUT2D eigenvalue weighted by Crippen LogP contribution is -2.36. The van der Waals surface area contributed by atoms with Crippen LogP contribution in [-0.2, 0) is 0 Å². The minimum atomic E-state index is -1.05. The number of hydrogen-bond donors (Lipinski definition) is 0. The quantitative estimate of drug-likeness (QED) is 0.641. The average Bonchev–Trinajstić information content (AvgIpc) is 2.76. The summed E-state index contributed by atoms with van der Waals surface area (Å²) in [5.74, 6) is -3.20. The average molecular weight is 308 g/mol. The van der Waals surface area contributed by atoms with Crippen LogP contribution in [0.25, 0.3) is 11.3 Å². The van der Waals surface area contributed by atoms with Gasteiger partial charge in [0.25, 0.3) is 0 Å². The van der Waals surface area contributed by atoms with Crippen molar-refractivity contribution in [2.75, 3.05) is 0 Å². The fourth-order valence-electron chi connectivity index (χ4n) is 2.30. The molecule has 2 heterocycles. The van der Waals surface area contributed by atoms with Crippen molar-refractivity contribution in [3.8, 4) is 0 Å². The Morgan fingerprint density at radius 3 is 0.864 bits per heavy atom. The van der Waals surface area contributed by atoms with E-state index >= 15 is 0 Å². The summed E-state index contributed by atoms with van der Waals surface area (Å²) in [6.45, 7) is 4.13. The summed E-state index contributed by atoms with van der Waals surface area (Å²) >= 11 is 0. The molecule has 10 heteroatoms. The molecule has 0 spiro atoms. The first-order valence-corrected chi connectivity index (χ1v) is 6.16. The van der Waals surface area contributed by atoms with Crippen molar-refractivity contribution >= 4 is 34.9 Å². The molecule has 116 valence electrons. The Bertz CT molecular complexity index is 831. The van der Waals surface area contributed by atoms with Gasteiger partial charge in [0.1, 0.15) is 0 Å². The number of imidazole rings is 2. The van der Waals surface area contributed by atoms with E-state index in [1.165, 1.54) is 0 Å². The van der Waals surface area contributed by atoms with Crippen LogP contribution in [0.5, 0.6) is 0 Å². The summed E-state index contributed by atoms with van der Waals surface area (Å²) in [6, 6.07) is 0. The van der Waals surface area contributed by atoms with Gasteiger partial charge in [0.05, 0.1) is 0 Å². The molecule has 0 saturated heterocycles. The molecule has 0 unspecified atom stereocenters. The highest BCUT2D eigenvalue weighted by Gasteiger charge is 2.30. The van der Waals surface area contributed by atoms with Gasteiger partial charge in [-0.15, -0.1) is 0 Å².